The molecular weight excluding hydrogens is 264 g/mol. The molecular formula is C13H16N2O5. The third kappa shape index (κ3) is 3.53. The molecule has 1 aromatic rings. The van der Waals surface area contributed by atoms with Crippen molar-refractivity contribution in [2.75, 3.05) is 20.2 Å². The predicted octanol–water partition coefficient (Wildman–Crippen LogP) is 1.54. The molecule has 0 radical (unpaired) electrons. The Balaban J connectivity index is 3.00. The SMILES string of the molecule is CCOC(=O)CN(C)C(=O)c1cccc(C)c1[N+](=O)[O-]. The van der Waals surface area contributed by atoms with Crippen LogP contribution in [0.1, 0.15) is 22.8 Å². The number of carbonyl (C=O) groups is 2. The van der Waals surface area contributed by atoms with Crippen molar-refractivity contribution < 1.29 is 19.2 Å². The van der Waals surface area contributed by atoms with Gasteiger partial charge in [-0.15, -0.1) is 0 Å². The van der Waals surface area contributed by atoms with Crippen molar-refractivity contribution in [2.24, 2.45) is 0 Å². The third-order valence-electron chi connectivity index (χ3n) is 2.67. The van der Waals surface area contributed by atoms with Gasteiger partial charge in [0.15, 0.2) is 0 Å². The largest absolute Gasteiger partial charge is 0.465 e. The van der Waals surface area contributed by atoms with Gasteiger partial charge in [0.1, 0.15) is 12.1 Å². The van der Waals surface area contributed by atoms with Crippen LogP contribution in [-0.4, -0.2) is 41.9 Å². The molecule has 0 saturated carbocycles. The van der Waals surface area contributed by atoms with E-state index in [0.29, 0.717) is 5.56 Å². The predicted molar refractivity (Wildman–Crippen MR) is 71.4 cm³/mol. The minimum Gasteiger partial charge on any atom is -0.465 e. The van der Waals surface area contributed by atoms with Crippen LogP contribution in [0.15, 0.2) is 18.2 Å². The molecule has 0 fully saturated rings. The molecule has 7 nitrogen and oxygen atoms in total. The Bertz CT molecular complexity index is 542. The Morgan fingerprint density at radius 3 is 2.60 bits per heavy atom. The molecule has 0 aliphatic carbocycles. The summed E-state index contributed by atoms with van der Waals surface area (Å²) in [6.07, 6.45) is 0. The molecule has 0 saturated heterocycles. The first-order valence-electron chi connectivity index (χ1n) is 6.03. The molecule has 108 valence electrons. The highest BCUT2D eigenvalue weighted by atomic mass is 16.6. The molecule has 0 bridgehead atoms. The van der Waals surface area contributed by atoms with E-state index in [4.69, 9.17) is 4.74 Å². The lowest BCUT2D eigenvalue weighted by atomic mass is 10.1. The zero-order valence-corrected chi connectivity index (χ0v) is 11.6. The molecule has 1 amide bonds. The van der Waals surface area contributed by atoms with Crippen molar-refractivity contribution >= 4 is 17.6 Å². The fraction of sp³-hybridized carbons (Fsp3) is 0.385. The van der Waals surface area contributed by atoms with Crippen LogP contribution >= 0.6 is 0 Å². The lowest BCUT2D eigenvalue weighted by molar-refractivity contribution is -0.385. The van der Waals surface area contributed by atoms with Crippen LogP contribution in [0.5, 0.6) is 0 Å². The summed E-state index contributed by atoms with van der Waals surface area (Å²) in [5, 5.41) is 11.0. The number of aryl methyl sites for hydroxylation is 1. The first-order chi connectivity index (χ1) is 9.38. The van der Waals surface area contributed by atoms with Crippen LogP contribution in [0.25, 0.3) is 0 Å². The van der Waals surface area contributed by atoms with Gasteiger partial charge in [0.05, 0.1) is 11.5 Å². The molecule has 0 N–H and O–H groups in total. The molecule has 20 heavy (non-hydrogen) atoms. The summed E-state index contributed by atoms with van der Waals surface area (Å²) in [5.41, 5.74) is 0.111. The molecule has 0 aromatic heterocycles. The number of nitro groups is 1. The van der Waals surface area contributed by atoms with Gasteiger partial charge in [-0.25, -0.2) is 0 Å². The summed E-state index contributed by atoms with van der Waals surface area (Å²) in [7, 11) is 1.39. The van der Waals surface area contributed by atoms with Gasteiger partial charge < -0.3 is 9.64 Å². The van der Waals surface area contributed by atoms with Gasteiger partial charge in [0.25, 0.3) is 11.6 Å². The van der Waals surface area contributed by atoms with E-state index in [1.54, 1.807) is 26.0 Å². The lowest BCUT2D eigenvalue weighted by Crippen LogP contribution is -2.33. The number of amides is 1. The molecule has 0 aliphatic heterocycles. The number of ether oxygens (including phenoxy) is 1. The van der Waals surface area contributed by atoms with Crippen LogP contribution in [0.2, 0.25) is 0 Å². The maximum atomic E-state index is 12.2. The number of esters is 1. The normalized spacial score (nSPS) is 9.95. The van der Waals surface area contributed by atoms with E-state index in [0.717, 1.165) is 4.90 Å². The Morgan fingerprint density at radius 2 is 2.05 bits per heavy atom. The summed E-state index contributed by atoms with van der Waals surface area (Å²) in [5.74, 6) is -1.15. The van der Waals surface area contributed by atoms with Crippen molar-refractivity contribution in [1.82, 2.24) is 4.90 Å². The zero-order chi connectivity index (χ0) is 15.3. The summed E-state index contributed by atoms with van der Waals surface area (Å²) in [6.45, 7) is 3.18. The highest BCUT2D eigenvalue weighted by Gasteiger charge is 2.25. The van der Waals surface area contributed by atoms with Gasteiger partial charge in [-0.3, -0.25) is 19.7 Å². The van der Waals surface area contributed by atoms with E-state index in [1.807, 2.05) is 0 Å². The van der Waals surface area contributed by atoms with Gasteiger partial charge in [0, 0.05) is 12.6 Å². The van der Waals surface area contributed by atoms with Crippen molar-refractivity contribution in [1.29, 1.82) is 0 Å². The molecule has 0 heterocycles. The van der Waals surface area contributed by atoms with Gasteiger partial charge in [0.2, 0.25) is 0 Å². The maximum Gasteiger partial charge on any atom is 0.325 e. The fourth-order valence-electron chi connectivity index (χ4n) is 1.75. The van der Waals surface area contributed by atoms with Crippen LogP contribution in [0, 0.1) is 17.0 Å². The van der Waals surface area contributed by atoms with Gasteiger partial charge in [-0.1, -0.05) is 12.1 Å². The highest BCUT2D eigenvalue weighted by Crippen LogP contribution is 2.24. The summed E-state index contributed by atoms with van der Waals surface area (Å²) in [4.78, 5) is 35.0. The second-order valence-electron chi connectivity index (χ2n) is 4.19. The van der Waals surface area contributed by atoms with Gasteiger partial charge in [-0.05, 0) is 19.9 Å². The third-order valence-corrected chi connectivity index (χ3v) is 2.67. The van der Waals surface area contributed by atoms with Gasteiger partial charge in [-0.2, -0.15) is 0 Å². The zero-order valence-electron chi connectivity index (χ0n) is 11.6. The number of nitro benzene ring substituents is 1. The topological polar surface area (TPSA) is 89.8 Å². The molecule has 0 atom stereocenters. The number of rotatable bonds is 5. The van der Waals surface area contributed by atoms with Gasteiger partial charge >= 0.3 is 5.97 Å². The average Bonchev–Trinajstić information content (AvgIpc) is 2.37. The summed E-state index contributed by atoms with van der Waals surface area (Å²) in [6, 6.07) is 4.49. The second-order valence-corrected chi connectivity index (χ2v) is 4.19. The standard InChI is InChI=1S/C13H16N2O5/c1-4-20-11(16)8-14(3)13(17)10-7-5-6-9(2)12(10)15(18)19/h5-7H,4,8H2,1-3H3. The second kappa shape index (κ2) is 6.65. The monoisotopic (exact) mass is 280 g/mol. The first kappa shape index (κ1) is 15.6. The Hall–Kier alpha value is -2.44. The van der Waals surface area contributed by atoms with E-state index in [1.165, 1.54) is 13.1 Å². The number of nitrogens with zero attached hydrogens (tertiary/aromatic N) is 2. The Kier molecular flexibility index (Phi) is 5.19. The quantitative estimate of drug-likeness (QED) is 0.463. The molecule has 1 aromatic carbocycles. The minimum absolute atomic E-state index is 0.0400. The Labute approximate surface area is 116 Å². The van der Waals surface area contributed by atoms with Crippen molar-refractivity contribution in [3.05, 3.63) is 39.4 Å². The van der Waals surface area contributed by atoms with E-state index in [9.17, 15) is 19.7 Å². The smallest absolute Gasteiger partial charge is 0.325 e. The number of carbonyl (C=O) groups excluding carboxylic acids is 2. The summed E-state index contributed by atoms with van der Waals surface area (Å²) < 4.78 is 4.73. The van der Waals surface area contributed by atoms with E-state index >= 15 is 0 Å². The van der Waals surface area contributed by atoms with E-state index in [-0.39, 0.29) is 24.4 Å². The maximum absolute atomic E-state index is 12.2. The minimum atomic E-state index is -0.596. The first-order valence-corrected chi connectivity index (χ1v) is 6.03. The van der Waals surface area contributed by atoms with E-state index in [2.05, 4.69) is 0 Å². The number of para-hydroxylation sites is 1. The Morgan fingerprint density at radius 1 is 1.40 bits per heavy atom. The molecule has 0 spiro atoms. The van der Waals surface area contributed by atoms with Crippen molar-refractivity contribution in [3.63, 3.8) is 0 Å². The number of hydrogen-bond donors (Lipinski definition) is 0. The molecule has 1 rings (SSSR count). The average molecular weight is 280 g/mol. The molecule has 0 aliphatic rings. The van der Waals surface area contributed by atoms with Crippen LogP contribution in [0.4, 0.5) is 5.69 Å². The number of benzene rings is 1. The molecule has 0 unspecified atom stereocenters. The van der Waals surface area contributed by atoms with E-state index < -0.39 is 16.8 Å². The van der Waals surface area contributed by atoms with Crippen LogP contribution < -0.4 is 0 Å². The van der Waals surface area contributed by atoms with Crippen molar-refractivity contribution in [3.8, 4) is 0 Å². The summed E-state index contributed by atoms with van der Waals surface area (Å²) >= 11 is 0. The molecule has 7 heteroatoms. The highest BCUT2D eigenvalue weighted by molar-refractivity contribution is 5.99. The lowest BCUT2D eigenvalue weighted by Gasteiger charge is -2.16. The fourth-order valence-corrected chi connectivity index (χ4v) is 1.75. The van der Waals surface area contributed by atoms with Crippen molar-refractivity contribution in [2.45, 2.75) is 13.8 Å². The number of likely N-dealkylation sites (N-methyl/N-ethyl adjacent to an activating group) is 1. The number of hydrogen-bond acceptors (Lipinski definition) is 5. The van der Waals surface area contributed by atoms with Crippen LogP contribution in [0.3, 0.4) is 0 Å². The van der Waals surface area contributed by atoms with Crippen LogP contribution in [-0.2, 0) is 9.53 Å².